The van der Waals surface area contributed by atoms with Crippen LogP contribution in [0, 0.1) is 6.92 Å². The average molecular weight is 550 g/mol. The van der Waals surface area contributed by atoms with E-state index in [1.807, 2.05) is 0 Å². The molecule has 2 amide bonds. The Kier molecular flexibility index (Phi) is 9.73. The van der Waals surface area contributed by atoms with Gasteiger partial charge in [0, 0.05) is 12.1 Å². The van der Waals surface area contributed by atoms with Gasteiger partial charge in [-0.1, -0.05) is 65.1 Å². The van der Waals surface area contributed by atoms with Crippen molar-refractivity contribution in [1.82, 2.24) is 5.32 Å². The van der Waals surface area contributed by atoms with Crippen molar-refractivity contribution in [2.24, 2.45) is 0 Å². The number of aliphatic hydroxyl groups is 1. The fourth-order valence-corrected chi connectivity index (χ4v) is 4.33. The number of nitrogens with one attached hydrogen (secondary N) is 2. The van der Waals surface area contributed by atoms with Gasteiger partial charge in [-0.15, -0.1) is 0 Å². The van der Waals surface area contributed by atoms with Gasteiger partial charge < -0.3 is 20.5 Å². The van der Waals surface area contributed by atoms with Gasteiger partial charge in [0.1, 0.15) is 12.6 Å². The molecule has 36 heavy (non-hydrogen) atoms. The molecule has 0 fully saturated rings. The van der Waals surface area contributed by atoms with Gasteiger partial charge in [-0.05, 0) is 48.4 Å². The Bertz CT molecular complexity index is 1220. The average Bonchev–Trinajstić information content (AvgIpc) is 2.83. The van der Waals surface area contributed by atoms with E-state index in [1.54, 1.807) is 67.6 Å². The van der Waals surface area contributed by atoms with Gasteiger partial charge in [0.15, 0.2) is 0 Å². The van der Waals surface area contributed by atoms with Crippen LogP contribution >= 0.6 is 34.8 Å². The highest BCUT2D eigenvalue weighted by Crippen LogP contribution is 2.25. The molecule has 0 aliphatic heterocycles. The second-order valence-corrected chi connectivity index (χ2v) is 9.02. The molecule has 3 N–H and O–H groups in total. The van der Waals surface area contributed by atoms with Gasteiger partial charge in [0.25, 0.3) is 11.8 Å². The van der Waals surface area contributed by atoms with E-state index in [-0.39, 0.29) is 45.8 Å². The van der Waals surface area contributed by atoms with Crippen LogP contribution in [0.1, 0.15) is 31.8 Å². The summed E-state index contributed by atoms with van der Waals surface area (Å²) in [7, 11) is 0. The van der Waals surface area contributed by atoms with Crippen molar-refractivity contribution in [3.05, 3.63) is 98.0 Å². The van der Waals surface area contributed by atoms with Crippen LogP contribution in [-0.4, -0.2) is 42.1 Å². The lowest BCUT2D eigenvalue weighted by molar-refractivity contribution is -0.146. The first-order valence-corrected chi connectivity index (χ1v) is 12.0. The number of ether oxygens (including phenoxy) is 1. The van der Waals surface area contributed by atoms with E-state index in [4.69, 9.17) is 44.6 Å². The maximum absolute atomic E-state index is 12.9. The first kappa shape index (κ1) is 27.5. The van der Waals surface area contributed by atoms with E-state index in [1.165, 1.54) is 0 Å². The zero-order chi connectivity index (χ0) is 26.2. The largest absolute Gasteiger partial charge is 0.462 e. The number of aliphatic hydroxyl groups excluding tert-OH is 1. The summed E-state index contributed by atoms with van der Waals surface area (Å²) in [6.07, 6.45) is 0.101. The Hall–Kier alpha value is -3.10. The summed E-state index contributed by atoms with van der Waals surface area (Å²) in [6, 6.07) is 15.5. The number of amides is 2. The highest BCUT2D eigenvalue weighted by Gasteiger charge is 2.25. The molecule has 0 radical (unpaired) electrons. The minimum atomic E-state index is -1.04. The monoisotopic (exact) mass is 548 g/mol. The third-order valence-corrected chi connectivity index (χ3v) is 6.16. The van der Waals surface area contributed by atoms with Crippen molar-refractivity contribution in [3.63, 3.8) is 0 Å². The van der Waals surface area contributed by atoms with E-state index in [9.17, 15) is 14.4 Å². The second kappa shape index (κ2) is 12.7. The molecule has 0 spiro atoms. The molecule has 0 saturated heterocycles. The highest BCUT2D eigenvalue weighted by molar-refractivity contribution is 6.40. The Morgan fingerprint density at radius 3 is 2.03 bits per heavy atom. The lowest BCUT2D eigenvalue weighted by Crippen LogP contribution is -2.44. The van der Waals surface area contributed by atoms with Gasteiger partial charge in [-0.3, -0.25) is 9.59 Å². The standard InChI is InChI=1S/C26H23Cl3N2O5/c1-15-4-2-5-18(27)22(15)24(33)31-21(26(35)36-13-12-32)14-16-8-10-17(11-9-16)30-25(34)23-19(28)6-3-7-20(23)29/h2-11,21,32H,12-14H2,1H3,(H,30,34)(H,31,33). The first-order chi connectivity index (χ1) is 17.2. The highest BCUT2D eigenvalue weighted by atomic mass is 35.5. The maximum atomic E-state index is 12.9. The molecule has 7 nitrogen and oxygen atoms in total. The molecule has 3 aromatic rings. The number of benzene rings is 3. The Morgan fingerprint density at radius 1 is 0.861 bits per heavy atom. The first-order valence-electron chi connectivity index (χ1n) is 10.9. The minimum absolute atomic E-state index is 0.101. The van der Waals surface area contributed by atoms with Crippen molar-refractivity contribution >= 4 is 58.3 Å². The minimum Gasteiger partial charge on any atom is -0.462 e. The summed E-state index contributed by atoms with van der Waals surface area (Å²) in [5.41, 5.74) is 2.24. The predicted octanol–water partition coefficient (Wildman–Crippen LogP) is 5.08. The number of hydrogen-bond donors (Lipinski definition) is 3. The lowest BCUT2D eigenvalue weighted by atomic mass is 10.0. The summed E-state index contributed by atoms with van der Waals surface area (Å²) >= 11 is 18.4. The summed E-state index contributed by atoms with van der Waals surface area (Å²) in [6.45, 7) is 1.19. The topological polar surface area (TPSA) is 105 Å². The van der Waals surface area contributed by atoms with Crippen LogP contribution in [0.15, 0.2) is 60.7 Å². The molecule has 0 saturated carbocycles. The Labute approximate surface area is 223 Å². The van der Waals surface area contributed by atoms with Crippen molar-refractivity contribution in [3.8, 4) is 0 Å². The van der Waals surface area contributed by atoms with E-state index in [2.05, 4.69) is 10.6 Å². The SMILES string of the molecule is Cc1cccc(Cl)c1C(=O)NC(Cc1ccc(NC(=O)c2c(Cl)cccc2Cl)cc1)C(=O)OCCO. The van der Waals surface area contributed by atoms with Crippen molar-refractivity contribution in [2.45, 2.75) is 19.4 Å². The van der Waals surface area contributed by atoms with Crippen LogP contribution in [-0.2, 0) is 16.0 Å². The lowest BCUT2D eigenvalue weighted by Gasteiger charge is -2.19. The van der Waals surface area contributed by atoms with Crippen LogP contribution in [0.25, 0.3) is 0 Å². The molecule has 10 heteroatoms. The van der Waals surface area contributed by atoms with Gasteiger partial charge >= 0.3 is 5.97 Å². The van der Waals surface area contributed by atoms with Gasteiger partial charge in [0.2, 0.25) is 0 Å². The summed E-state index contributed by atoms with van der Waals surface area (Å²) in [5.74, 6) is -1.69. The molecule has 0 aromatic heterocycles. The molecule has 3 rings (SSSR count). The van der Waals surface area contributed by atoms with Crippen LogP contribution in [0.3, 0.4) is 0 Å². The third-order valence-electron chi connectivity index (χ3n) is 5.22. The predicted molar refractivity (Wildman–Crippen MR) is 140 cm³/mol. The van der Waals surface area contributed by atoms with E-state index < -0.39 is 23.8 Å². The van der Waals surface area contributed by atoms with Crippen LogP contribution in [0.2, 0.25) is 15.1 Å². The number of esters is 1. The number of carbonyl (C=O) groups excluding carboxylic acids is 3. The Morgan fingerprint density at radius 2 is 1.44 bits per heavy atom. The number of anilines is 1. The molecule has 3 aromatic carbocycles. The molecule has 1 unspecified atom stereocenters. The quantitative estimate of drug-likeness (QED) is 0.323. The fraction of sp³-hybridized carbons (Fsp3) is 0.192. The summed E-state index contributed by atoms with van der Waals surface area (Å²) < 4.78 is 5.05. The molecule has 0 heterocycles. The molecule has 0 bridgehead atoms. The number of halogens is 3. The summed E-state index contributed by atoms with van der Waals surface area (Å²) in [4.78, 5) is 38.1. The normalized spacial score (nSPS) is 11.5. The second-order valence-electron chi connectivity index (χ2n) is 7.80. The van der Waals surface area contributed by atoms with E-state index >= 15 is 0 Å². The van der Waals surface area contributed by atoms with Crippen LogP contribution in [0.5, 0.6) is 0 Å². The zero-order valence-electron chi connectivity index (χ0n) is 19.2. The van der Waals surface area contributed by atoms with Crippen molar-refractivity contribution in [1.29, 1.82) is 0 Å². The van der Waals surface area contributed by atoms with E-state index in [0.29, 0.717) is 16.8 Å². The van der Waals surface area contributed by atoms with Crippen molar-refractivity contribution < 1.29 is 24.2 Å². The Balaban J connectivity index is 1.75. The molecular formula is C26H23Cl3N2O5. The van der Waals surface area contributed by atoms with Gasteiger partial charge in [-0.25, -0.2) is 4.79 Å². The maximum Gasteiger partial charge on any atom is 0.329 e. The molecule has 0 aliphatic carbocycles. The molecule has 1 atom stereocenters. The number of carbonyl (C=O) groups is 3. The number of hydrogen-bond acceptors (Lipinski definition) is 5. The smallest absolute Gasteiger partial charge is 0.329 e. The molecule has 188 valence electrons. The molecule has 0 aliphatic rings. The van der Waals surface area contributed by atoms with Crippen LogP contribution in [0.4, 0.5) is 5.69 Å². The number of rotatable bonds is 9. The zero-order valence-corrected chi connectivity index (χ0v) is 21.5. The molecular weight excluding hydrogens is 527 g/mol. The number of aryl methyl sites for hydroxylation is 1. The fourth-order valence-electron chi connectivity index (χ4n) is 3.46. The van der Waals surface area contributed by atoms with Gasteiger partial charge in [0.05, 0.1) is 32.8 Å². The van der Waals surface area contributed by atoms with Gasteiger partial charge in [-0.2, -0.15) is 0 Å². The third kappa shape index (κ3) is 6.98. The van der Waals surface area contributed by atoms with Crippen molar-refractivity contribution in [2.75, 3.05) is 18.5 Å². The van der Waals surface area contributed by atoms with Crippen LogP contribution < -0.4 is 10.6 Å². The van der Waals surface area contributed by atoms with E-state index in [0.717, 1.165) is 0 Å². The summed E-state index contributed by atoms with van der Waals surface area (Å²) in [5, 5.41) is 15.1.